The van der Waals surface area contributed by atoms with Gasteiger partial charge in [-0.15, -0.1) is 0 Å². The van der Waals surface area contributed by atoms with E-state index in [1.54, 1.807) is 0 Å². The predicted molar refractivity (Wildman–Crippen MR) is 74.1 cm³/mol. The lowest BCUT2D eigenvalue weighted by Crippen LogP contribution is -2.29. The Balaban J connectivity index is 3.44. The fourth-order valence-electron chi connectivity index (χ4n) is 1.67. The third-order valence-electron chi connectivity index (χ3n) is 2.73. The van der Waals surface area contributed by atoms with Crippen molar-refractivity contribution in [3.05, 3.63) is 0 Å². The number of carbonyl (C=O) groups excluding carboxylic acids is 1. The van der Waals surface area contributed by atoms with Crippen molar-refractivity contribution in [1.82, 2.24) is 10.2 Å². The number of nitrogens with zero attached hydrogens (tertiary/aromatic N) is 1. The van der Waals surface area contributed by atoms with Gasteiger partial charge in [-0.05, 0) is 25.3 Å². The lowest BCUT2D eigenvalue weighted by atomic mass is 10.1. The highest BCUT2D eigenvalue weighted by Crippen LogP contribution is 2.04. The van der Waals surface area contributed by atoms with Crippen LogP contribution in [0.4, 0.5) is 0 Å². The maximum atomic E-state index is 11.7. The molecule has 0 heterocycles. The van der Waals surface area contributed by atoms with Crippen molar-refractivity contribution in [2.75, 3.05) is 20.1 Å². The Bertz CT molecular complexity index is 202. The Morgan fingerprint density at radius 1 is 1.12 bits per heavy atom. The van der Waals surface area contributed by atoms with Gasteiger partial charge in [-0.2, -0.15) is 0 Å². The summed E-state index contributed by atoms with van der Waals surface area (Å²) in [5.41, 5.74) is 0. The van der Waals surface area contributed by atoms with E-state index in [4.69, 9.17) is 0 Å². The summed E-state index contributed by atoms with van der Waals surface area (Å²) in [5.74, 6) is 0.737. The zero-order valence-electron chi connectivity index (χ0n) is 12.3. The normalized spacial score (nSPS) is 11.2. The number of nitrogens with one attached hydrogen (secondary N) is 1. The monoisotopic (exact) mass is 242 g/mol. The molecule has 0 unspecified atom stereocenters. The fraction of sp³-hybridized carbons (Fsp3) is 0.929. The quantitative estimate of drug-likeness (QED) is 0.630. The van der Waals surface area contributed by atoms with Crippen molar-refractivity contribution in [3.8, 4) is 0 Å². The molecule has 1 N–H and O–H groups in total. The molecule has 0 saturated carbocycles. The molecule has 102 valence electrons. The molecule has 0 spiro atoms. The molecule has 0 aliphatic rings. The van der Waals surface area contributed by atoms with Crippen LogP contribution in [0, 0.1) is 5.92 Å². The van der Waals surface area contributed by atoms with Crippen LogP contribution < -0.4 is 5.32 Å². The summed E-state index contributed by atoms with van der Waals surface area (Å²) in [6.45, 7) is 10.5. The molecule has 0 atom stereocenters. The summed E-state index contributed by atoms with van der Waals surface area (Å²) in [4.78, 5) is 13.5. The average molecular weight is 242 g/mol. The molecule has 0 aromatic heterocycles. The first kappa shape index (κ1) is 16.4. The highest BCUT2D eigenvalue weighted by molar-refractivity contribution is 5.75. The van der Waals surface area contributed by atoms with E-state index in [0.717, 1.165) is 19.5 Å². The molecule has 1 amide bonds. The van der Waals surface area contributed by atoms with Crippen molar-refractivity contribution in [1.29, 1.82) is 0 Å². The minimum absolute atomic E-state index is 0.278. The van der Waals surface area contributed by atoms with Crippen LogP contribution in [0.1, 0.15) is 53.4 Å². The van der Waals surface area contributed by atoms with Gasteiger partial charge in [0, 0.05) is 26.1 Å². The standard InChI is InChI=1S/C14H30N2O/c1-12(2)11-14(17)16(5)10-8-6-7-9-15-13(3)4/h12-13,15H,6-11H2,1-5H3. The molecular weight excluding hydrogens is 212 g/mol. The molecular formula is C14H30N2O. The van der Waals surface area contributed by atoms with Gasteiger partial charge in [0.15, 0.2) is 0 Å². The van der Waals surface area contributed by atoms with Gasteiger partial charge in [-0.3, -0.25) is 4.79 Å². The number of carbonyl (C=O) groups is 1. The highest BCUT2D eigenvalue weighted by Gasteiger charge is 2.09. The van der Waals surface area contributed by atoms with Crippen LogP contribution in [0.5, 0.6) is 0 Å². The lowest BCUT2D eigenvalue weighted by Gasteiger charge is -2.18. The topological polar surface area (TPSA) is 32.3 Å². The molecule has 0 saturated heterocycles. The maximum Gasteiger partial charge on any atom is 0.222 e. The number of rotatable bonds is 9. The molecule has 3 nitrogen and oxygen atoms in total. The smallest absolute Gasteiger partial charge is 0.222 e. The summed E-state index contributed by atoms with van der Waals surface area (Å²) in [6.07, 6.45) is 4.18. The Morgan fingerprint density at radius 2 is 1.76 bits per heavy atom. The summed E-state index contributed by atoms with van der Waals surface area (Å²) in [6, 6.07) is 0.574. The van der Waals surface area contributed by atoms with Gasteiger partial charge in [0.05, 0.1) is 0 Å². The summed E-state index contributed by atoms with van der Waals surface area (Å²) in [7, 11) is 1.91. The van der Waals surface area contributed by atoms with Crippen molar-refractivity contribution in [2.45, 2.75) is 59.4 Å². The van der Waals surface area contributed by atoms with Crippen molar-refractivity contribution >= 4 is 5.91 Å². The molecule has 0 aromatic rings. The third-order valence-corrected chi connectivity index (χ3v) is 2.73. The first-order chi connectivity index (χ1) is 7.93. The van der Waals surface area contributed by atoms with Crippen LogP contribution >= 0.6 is 0 Å². The molecule has 0 aliphatic carbocycles. The van der Waals surface area contributed by atoms with Crippen molar-refractivity contribution < 1.29 is 4.79 Å². The van der Waals surface area contributed by atoms with E-state index >= 15 is 0 Å². The van der Waals surface area contributed by atoms with Crippen LogP contribution in [0.2, 0.25) is 0 Å². The van der Waals surface area contributed by atoms with Crippen molar-refractivity contribution in [2.24, 2.45) is 5.92 Å². The Kier molecular flexibility index (Phi) is 9.14. The summed E-state index contributed by atoms with van der Waals surface area (Å²) < 4.78 is 0. The van der Waals surface area contributed by atoms with Crippen LogP contribution in [-0.4, -0.2) is 37.0 Å². The van der Waals surface area contributed by atoms with E-state index in [-0.39, 0.29) is 5.91 Å². The van der Waals surface area contributed by atoms with Crippen LogP contribution in [-0.2, 0) is 4.79 Å². The minimum atomic E-state index is 0.278. The second-order valence-electron chi connectivity index (χ2n) is 5.58. The second kappa shape index (κ2) is 9.46. The number of hydrogen-bond donors (Lipinski definition) is 1. The molecule has 0 rings (SSSR count). The molecule has 0 aromatic carbocycles. The Hall–Kier alpha value is -0.570. The van der Waals surface area contributed by atoms with Crippen LogP contribution in [0.25, 0.3) is 0 Å². The lowest BCUT2D eigenvalue weighted by molar-refractivity contribution is -0.130. The van der Waals surface area contributed by atoms with Gasteiger partial charge in [-0.1, -0.05) is 34.1 Å². The first-order valence-corrected chi connectivity index (χ1v) is 6.90. The molecule has 0 radical (unpaired) electrons. The van der Waals surface area contributed by atoms with E-state index in [2.05, 4.69) is 33.0 Å². The van der Waals surface area contributed by atoms with E-state index < -0.39 is 0 Å². The zero-order valence-corrected chi connectivity index (χ0v) is 12.3. The Labute approximate surface area is 107 Å². The van der Waals surface area contributed by atoms with E-state index in [1.807, 2.05) is 11.9 Å². The van der Waals surface area contributed by atoms with E-state index in [9.17, 15) is 4.79 Å². The van der Waals surface area contributed by atoms with Gasteiger partial charge < -0.3 is 10.2 Å². The molecule has 0 bridgehead atoms. The number of hydrogen-bond acceptors (Lipinski definition) is 2. The number of unbranched alkanes of at least 4 members (excludes halogenated alkanes) is 2. The predicted octanol–water partition coefficient (Wildman–Crippen LogP) is 2.66. The summed E-state index contributed by atoms with van der Waals surface area (Å²) in [5, 5.41) is 3.40. The summed E-state index contributed by atoms with van der Waals surface area (Å²) >= 11 is 0. The van der Waals surface area contributed by atoms with Gasteiger partial charge in [0.25, 0.3) is 0 Å². The largest absolute Gasteiger partial charge is 0.346 e. The van der Waals surface area contributed by atoms with Crippen LogP contribution in [0.15, 0.2) is 0 Å². The molecule has 3 heteroatoms. The van der Waals surface area contributed by atoms with Crippen molar-refractivity contribution in [3.63, 3.8) is 0 Å². The third kappa shape index (κ3) is 10.3. The Morgan fingerprint density at radius 3 is 2.29 bits per heavy atom. The first-order valence-electron chi connectivity index (χ1n) is 6.90. The number of amides is 1. The van der Waals surface area contributed by atoms with E-state index in [1.165, 1.54) is 12.8 Å². The van der Waals surface area contributed by atoms with E-state index in [0.29, 0.717) is 18.4 Å². The van der Waals surface area contributed by atoms with Crippen LogP contribution in [0.3, 0.4) is 0 Å². The molecule has 0 aliphatic heterocycles. The zero-order chi connectivity index (χ0) is 13.3. The van der Waals surface area contributed by atoms with Gasteiger partial charge in [0.1, 0.15) is 0 Å². The van der Waals surface area contributed by atoms with Gasteiger partial charge in [0.2, 0.25) is 5.91 Å². The molecule has 17 heavy (non-hydrogen) atoms. The molecule has 0 fully saturated rings. The average Bonchev–Trinajstić information content (AvgIpc) is 2.21. The minimum Gasteiger partial charge on any atom is -0.346 e. The second-order valence-corrected chi connectivity index (χ2v) is 5.58. The highest BCUT2D eigenvalue weighted by atomic mass is 16.2. The van der Waals surface area contributed by atoms with Gasteiger partial charge in [-0.25, -0.2) is 0 Å². The van der Waals surface area contributed by atoms with Gasteiger partial charge >= 0.3 is 0 Å². The SMILES string of the molecule is CC(C)CC(=O)N(C)CCCCCNC(C)C. The maximum absolute atomic E-state index is 11.7. The fourth-order valence-corrected chi connectivity index (χ4v) is 1.67.